The van der Waals surface area contributed by atoms with E-state index in [2.05, 4.69) is 0 Å². The summed E-state index contributed by atoms with van der Waals surface area (Å²) in [7, 11) is -3.60. The van der Waals surface area contributed by atoms with E-state index in [0.29, 0.717) is 5.69 Å². The van der Waals surface area contributed by atoms with Crippen LogP contribution in [0, 0.1) is 6.92 Å². The summed E-state index contributed by atoms with van der Waals surface area (Å²) >= 11 is 0. The van der Waals surface area contributed by atoms with Crippen LogP contribution in [-0.2, 0) is 10.0 Å². The van der Waals surface area contributed by atoms with Crippen molar-refractivity contribution < 1.29 is 8.42 Å². The van der Waals surface area contributed by atoms with E-state index in [1.54, 1.807) is 42.6 Å². The van der Waals surface area contributed by atoms with E-state index >= 15 is 0 Å². The molecule has 0 aliphatic carbocycles. The number of hydrogen-bond donors (Lipinski definition) is 0. The Morgan fingerprint density at radius 1 is 0.917 bits per heavy atom. The van der Waals surface area contributed by atoms with E-state index in [-0.39, 0.29) is 4.90 Å². The first-order valence-electron chi connectivity index (χ1n) is 7.72. The van der Waals surface area contributed by atoms with E-state index in [1.165, 1.54) is 3.97 Å². The predicted molar refractivity (Wildman–Crippen MR) is 98.2 cm³/mol. The first-order chi connectivity index (χ1) is 11.5. The molecule has 3 nitrogen and oxygen atoms in total. The van der Waals surface area contributed by atoms with Gasteiger partial charge in [0.1, 0.15) is 0 Å². The van der Waals surface area contributed by atoms with Gasteiger partial charge in [-0.05, 0) is 55.3 Å². The molecule has 0 atom stereocenters. The maximum absolute atomic E-state index is 12.9. The zero-order valence-electron chi connectivity index (χ0n) is 13.7. The van der Waals surface area contributed by atoms with Gasteiger partial charge in [0, 0.05) is 6.20 Å². The number of allylic oxidation sites excluding steroid dienone is 1. The summed E-state index contributed by atoms with van der Waals surface area (Å²) in [6.07, 6.45) is 3.47. The number of aromatic nitrogens is 1. The Labute approximate surface area is 142 Å². The van der Waals surface area contributed by atoms with E-state index in [4.69, 9.17) is 0 Å². The van der Waals surface area contributed by atoms with Gasteiger partial charge in [-0.25, -0.2) is 12.4 Å². The molecule has 122 valence electrons. The third kappa shape index (κ3) is 3.19. The molecule has 0 N–H and O–H groups in total. The van der Waals surface area contributed by atoms with Crippen LogP contribution in [0.1, 0.15) is 23.7 Å². The average Bonchev–Trinajstić information content (AvgIpc) is 3.05. The Kier molecular flexibility index (Phi) is 4.40. The molecular formula is C20H19NO2S. The fourth-order valence-corrected chi connectivity index (χ4v) is 3.87. The number of aryl methyl sites for hydroxylation is 1. The monoisotopic (exact) mass is 337 g/mol. The minimum absolute atomic E-state index is 0.288. The van der Waals surface area contributed by atoms with Crippen molar-refractivity contribution in [2.75, 3.05) is 0 Å². The molecule has 0 aliphatic rings. The van der Waals surface area contributed by atoms with Crippen molar-refractivity contribution in [2.24, 2.45) is 0 Å². The van der Waals surface area contributed by atoms with E-state index in [0.717, 1.165) is 16.7 Å². The summed E-state index contributed by atoms with van der Waals surface area (Å²) in [5.41, 5.74) is 3.74. The molecule has 24 heavy (non-hydrogen) atoms. The van der Waals surface area contributed by atoms with Crippen molar-refractivity contribution >= 4 is 21.7 Å². The molecule has 0 fully saturated rings. The second-order valence-electron chi connectivity index (χ2n) is 5.74. The van der Waals surface area contributed by atoms with Crippen molar-refractivity contribution in [3.8, 4) is 0 Å². The van der Waals surface area contributed by atoms with Crippen LogP contribution in [0.25, 0.3) is 11.6 Å². The van der Waals surface area contributed by atoms with Crippen LogP contribution in [0.4, 0.5) is 0 Å². The summed E-state index contributed by atoms with van der Waals surface area (Å²) in [6.45, 7) is 3.91. The fourth-order valence-electron chi connectivity index (χ4n) is 2.54. The molecule has 1 aromatic heterocycles. The van der Waals surface area contributed by atoms with Crippen LogP contribution >= 0.6 is 0 Å². The van der Waals surface area contributed by atoms with Gasteiger partial charge in [-0.3, -0.25) is 0 Å². The maximum Gasteiger partial charge on any atom is 0.268 e. The molecule has 0 saturated carbocycles. The lowest BCUT2D eigenvalue weighted by Crippen LogP contribution is -2.13. The van der Waals surface area contributed by atoms with Crippen molar-refractivity contribution in [1.82, 2.24) is 3.97 Å². The van der Waals surface area contributed by atoms with Gasteiger partial charge in [0.2, 0.25) is 0 Å². The Morgan fingerprint density at radius 3 is 2.25 bits per heavy atom. The Balaban J connectivity index is 2.03. The van der Waals surface area contributed by atoms with Gasteiger partial charge in [0.15, 0.2) is 0 Å². The third-order valence-electron chi connectivity index (χ3n) is 3.91. The minimum atomic E-state index is -3.60. The summed E-state index contributed by atoms with van der Waals surface area (Å²) in [5.74, 6) is 0. The molecule has 2 aromatic carbocycles. The van der Waals surface area contributed by atoms with E-state index < -0.39 is 10.0 Å². The fraction of sp³-hybridized carbons (Fsp3) is 0.100. The number of nitrogens with zero attached hydrogens (tertiary/aromatic N) is 1. The molecule has 4 heteroatoms. The zero-order chi connectivity index (χ0) is 17.2. The lowest BCUT2D eigenvalue weighted by molar-refractivity contribution is 0.587. The molecular weight excluding hydrogens is 318 g/mol. The van der Waals surface area contributed by atoms with Crippen LogP contribution in [0.15, 0.2) is 77.8 Å². The van der Waals surface area contributed by atoms with Gasteiger partial charge in [-0.1, -0.05) is 48.0 Å². The molecule has 3 rings (SSSR count). The highest BCUT2D eigenvalue weighted by Gasteiger charge is 2.18. The number of hydrogen-bond acceptors (Lipinski definition) is 2. The highest BCUT2D eigenvalue weighted by atomic mass is 32.2. The van der Waals surface area contributed by atoms with Crippen molar-refractivity contribution in [1.29, 1.82) is 0 Å². The normalized spacial score (nSPS) is 12.3. The Hall–Kier alpha value is -2.59. The van der Waals surface area contributed by atoms with Crippen molar-refractivity contribution in [2.45, 2.75) is 18.7 Å². The maximum atomic E-state index is 12.9. The SMILES string of the molecule is C/C(=C\c1cccn1S(=O)(=O)c1ccc(C)cc1)c1ccccc1. The smallest absolute Gasteiger partial charge is 0.242 e. The van der Waals surface area contributed by atoms with Gasteiger partial charge in [-0.2, -0.15) is 0 Å². The first kappa shape index (κ1) is 16.3. The average molecular weight is 337 g/mol. The number of rotatable bonds is 4. The first-order valence-corrected chi connectivity index (χ1v) is 9.16. The molecule has 1 heterocycles. The van der Waals surface area contributed by atoms with Gasteiger partial charge < -0.3 is 0 Å². The molecule has 0 radical (unpaired) electrons. The van der Waals surface area contributed by atoms with Crippen LogP contribution in [0.2, 0.25) is 0 Å². The third-order valence-corrected chi connectivity index (χ3v) is 5.63. The van der Waals surface area contributed by atoms with Crippen LogP contribution in [-0.4, -0.2) is 12.4 Å². The summed E-state index contributed by atoms with van der Waals surface area (Å²) < 4.78 is 27.1. The van der Waals surface area contributed by atoms with Gasteiger partial charge in [-0.15, -0.1) is 0 Å². The lowest BCUT2D eigenvalue weighted by Gasteiger charge is -2.10. The van der Waals surface area contributed by atoms with Crippen molar-refractivity contribution in [3.05, 3.63) is 89.7 Å². The van der Waals surface area contributed by atoms with Crippen molar-refractivity contribution in [3.63, 3.8) is 0 Å². The minimum Gasteiger partial charge on any atom is -0.242 e. The molecule has 0 amide bonds. The summed E-state index contributed by atoms with van der Waals surface area (Å²) in [4.78, 5) is 0.288. The molecule has 0 bridgehead atoms. The highest BCUT2D eigenvalue weighted by molar-refractivity contribution is 7.90. The Morgan fingerprint density at radius 2 is 1.58 bits per heavy atom. The van der Waals surface area contributed by atoms with E-state index in [9.17, 15) is 8.42 Å². The van der Waals surface area contributed by atoms with Crippen LogP contribution in [0.3, 0.4) is 0 Å². The quantitative estimate of drug-likeness (QED) is 0.698. The standard InChI is InChI=1S/C20H19NO2S/c1-16-10-12-20(13-11-16)24(22,23)21-14-6-9-19(21)15-17(2)18-7-4-3-5-8-18/h3-15H,1-2H3/b17-15+. The summed E-state index contributed by atoms with van der Waals surface area (Å²) in [5, 5.41) is 0. The Bertz CT molecular complexity index is 966. The second-order valence-corrected chi connectivity index (χ2v) is 7.56. The molecule has 0 saturated heterocycles. The topological polar surface area (TPSA) is 39.1 Å². The molecule has 0 unspecified atom stereocenters. The zero-order valence-corrected chi connectivity index (χ0v) is 14.5. The largest absolute Gasteiger partial charge is 0.268 e. The van der Waals surface area contributed by atoms with Crippen LogP contribution in [0.5, 0.6) is 0 Å². The predicted octanol–water partition coefficient (Wildman–Crippen LogP) is 4.59. The van der Waals surface area contributed by atoms with Crippen LogP contribution < -0.4 is 0 Å². The van der Waals surface area contributed by atoms with Gasteiger partial charge >= 0.3 is 0 Å². The lowest BCUT2D eigenvalue weighted by atomic mass is 10.1. The van der Waals surface area contributed by atoms with Gasteiger partial charge in [0.05, 0.1) is 10.6 Å². The molecule has 0 aliphatic heterocycles. The van der Waals surface area contributed by atoms with Gasteiger partial charge in [0.25, 0.3) is 10.0 Å². The summed E-state index contributed by atoms with van der Waals surface area (Å²) in [6, 6.07) is 20.4. The highest BCUT2D eigenvalue weighted by Crippen LogP contribution is 2.22. The number of benzene rings is 2. The second kappa shape index (κ2) is 6.49. The molecule has 3 aromatic rings. The molecule has 0 spiro atoms. The van der Waals surface area contributed by atoms with E-state index in [1.807, 2.05) is 50.3 Å².